The fourth-order valence-corrected chi connectivity index (χ4v) is 8.47. The van der Waals surface area contributed by atoms with Gasteiger partial charge in [-0.25, -0.2) is 17.2 Å². The van der Waals surface area contributed by atoms with E-state index < -0.39 is 31.3 Å². The van der Waals surface area contributed by atoms with Crippen molar-refractivity contribution in [3.63, 3.8) is 0 Å². The van der Waals surface area contributed by atoms with Crippen molar-refractivity contribution in [1.82, 2.24) is 4.58 Å². The van der Waals surface area contributed by atoms with Crippen LogP contribution in [0.3, 0.4) is 0 Å². The standard InChI is InChI=1S/C41H48N2O8S2/c1-7-42(8-2)31-20-22-34-33(29(3)40(51-37(34)27-31)30-15-10-9-11-16-30)17-12-18-38-41(4,24-13-19-39(44)45)35-28-32(53(47,48)49)21-23-36(35)43(38)25-14-26-52(6,46)50-5/h9-12,15-18,20-23,27-28H,6-8,13-14,19,24-26H2,1-5H3,(H-,44,45,47,48,49). The van der Waals surface area contributed by atoms with Crippen molar-refractivity contribution in [2.45, 2.75) is 63.7 Å². The van der Waals surface area contributed by atoms with Gasteiger partial charge in [0.05, 0.1) is 27.9 Å². The molecule has 1 N–H and O–H groups in total. The quantitative estimate of drug-likeness (QED) is 0.0799. The predicted octanol–water partition coefficient (Wildman–Crippen LogP) is 6.67. The first kappa shape index (κ1) is 39.7. The average molecular weight is 761 g/mol. The number of carbonyl (C=O) groups is 1. The van der Waals surface area contributed by atoms with E-state index in [0.29, 0.717) is 37.1 Å². The molecule has 0 fully saturated rings. The van der Waals surface area contributed by atoms with Crippen molar-refractivity contribution in [1.29, 1.82) is 0 Å². The maximum Gasteiger partial charge on any atom is 0.303 e. The number of fused-ring (bicyclic) bond motifs is 2. The van der Waals surface area contributed by atoms with Crippen LogP contribution in [-0.2, 0) is 34.3 Å². The number of allylic oxidation sites excluding steroid dienone is 3. The Kier molecular flexibility index (Phi) is 12.2. The minimum Gasteiger partial charge on any atom is -0.744 e. The number of carboxylic acids is 1. The topological polar surface area (TPSA) is 140 Å². The molecule has 0 saturated heterocycles. The lowest BCUT2D eigenvalue weighted by atomic mass is 9.77. The number of hydrogen-bond acceptors (Lipinski definition) is 8. The summed E-state index contributed by atoms with van der Waals surface area (Å²) in [5.41, 5.74) is 5.00. The lowest BCUT2D eigenvalue weighted by Gasteiger charge is -2.30. The van der Waals surface area contributed by atoms with Crippen molar-refractivity contribution in [3.05, 3.63) is 107 Å². The summed E-state index contributed by atoms with van der Waals surface area (Å²) in [5.74, 6) is 4.44. The van der Waals surface area contributed by atoms with Crippen molar-refractivity contribution >= 4 is 43.5 Å². The zero-order valence-electron chi connectivity index (χ0n) is 31.0. The van der Waals surface area contributed by atoms with Crippen LogP contribution < -0.4 is 14.8 Å². The summed E-state index contributed by atoms with van der Waals surface area (Å²) in [4.78, 5) is 13.3. The molecule has 2 heterocycles. The molecule has 0 aromatic heterocycles. The second kappa shape index (κ2) is 16.3. The highest BCUT2D eigenvalue weighted by atomic mass is 32.2. The maximum atomic E-state index is 12.7. The summed E-state index contributed by atoms with van der Waals surface area (Å²) in [7, 11) is -6.17. The molecular weight excluding hydrogens is 713 g/mol. The number of aliphatic carboxylic acids is 1. The number of carboxylic acid groups (broad SMARTS) is 1. The minimum atomic E-state index is -4.77. The zero-order valence-corrected chi connectivity index (χ0v) is 32.6. The van der Waals surface area contributed by atoms with E-state index in [2.05, 4.69) is 42.5 Å². The predicted molar refractivity (Wildman–Crippen MR) is 211 cm³/mol. The van der Waals surface area contributed by atoms with Crippen LogP contribution in [-0.4, -0.2) is 66.6 Å². The van der Waals surface area contributed by atoms with Crippen molar-refractivity contribution in [3.8, 4) is 22.6 Å². The van der Waals surface area contributed by atoms with Gasteiger partial charge in [0.2, 0.25) is 5.36 Å². The Morgan fingerprint density at radius 3 is 2.42 bits per heavy atom. The van der Waals surface area contributed by atoms with E-state index in [9.17, 15) is 27.1 Å². The van der Waals surface area contributed by atoms with Gasteiger partial charge in [-0.2, -0.15) is 0 Å². The molecule has 2 unspecified atom stereocenters. The first-order valence-corrected chi connectivity index (χ1v) is 21.0. The van der Waals surface area contributed by atoms with Crippen LogP contribution in [0.5, 0.6) is 0 Å². The minimum absolute atomic E-state index is 0.0819. The fraction of sp³-hybridized carbons (Fsp3) is 0.341. The van der Waals surface area contributed by atoms with Crippen molar-refractivity contribution in [2.24, 2.45) is 0 Å². The van der Waals surface area contributed by atoms with E-state index in [1.165, 1.54) is 19.2 Å². The highest BCUT2D eigenvalue weighted by Gasteiger charge is 2.43. The van der Waals surface area contributed by atoms with E-state index in [-0.39, 0.29) is 17.1 Å². The van der Waals surface area contributed by atoms with Crippen LogP contribution in [0.4, 0.5) is 5.69 Å². The molecule has 0 bridgehead atoms. The van der Waals surface area contributed by atoms with Crippen LogP contribution in [0.15, 0.2) is 93.9 Å². The number of anilines is 1. The molecule has 5 rings (SSSR count). The van der Waals surface area contributed by atoms with Gasteiger partial charge in [-0.05, 0) is 94.3 Å². The SMILES string of the molecule is C=S(=O)(CCCN1C(=CC=Cc2c3ccc(=[N+](CC)CC)cc-3oc(-c3ccccc3)c2C)C(C)(CCCC(=O)O)c2cc(S(=O)(=O)[O-])ccc21)OC. The van der Waals surface area contributed by atoms with E-state index in [0.717, 1.165) is 57.9 Å². The van der Waals surface area contributed by atoms with Crippen LogP contribution in [0, 0.1) is 6.92 Å². The summed E-state index contributed by atoms with van der Waals surface area (Å²) in [6.45, 7) is 10.3. The van der Waals surface area contributed by atoms with Gasteiger partial charge in [-0.15, -0.1) is 0 Å². The normalized spacial score (nSPS) is 17.8. The fourth-order valence-electron chi connectivity index (χ4n) is 7.24. The Morgan fingerprint density at radius 2 is 1.77 bits per heavy atom. The molecule has 12 heteroatoms. The van der Waals surface area contributed by atoms with E-state index in [4.69, 9.17) is 8.60 Å². The summed E-state index contributed by atoms with van der Waals surface area (Å²) < 4.78 is 63.2. The number of benzene rings is 3. The second-order valence-corrected chi connectivity index (χ2v) is 17.0. The Labute approximate surface area is 313 Å². The lowest BCUT2D eigenvalue weighted by molar-refractivity contribution is -0.137. The van der Waals surface area contributed by atoms with Gasteiger partial charge in [0.1, 0.15) is 34.7 Å². The van der Waals surface area contributed by atoms with Crippen molar-refractivity contribution < 1.29 is 35.7 Å². The van der Waals surface area contributed by atoms with Crippen LogP contribution in [0.25, 0.3) is 28.7 Å². The average Bonchev–Trinajstić information content (AvgIpc) is 3.35. The Bertz CT molecular complexity index is 2300. The molecule has 53 heavy (non-hydrogen) atoms. The molecule has 0 radical (unpaired) electrons. The second-order valence-electron chi connectivity index (χ2n) is 13.4. The molecule has 3 aliphatic rings. The van der Waals surface area contributed by atoms with Crippen LogP contribution >= 0.6 is 0 Å². The van der Waals surface area contributed by atoms with Gasteiger partial charge in [-0.1, -0.05) is 42.5 Å². The number of hydrogen-bond donors (Lipinski definition) is 1. The van der Waals surface area contributed by atoms with E-state index in [1.54, 1.807) is 6.07 Å². The molecule has 1 aliphatic carbocycles. The molecule has 282 valence electrons. The highest BCUT2D eigenvalue weighted by molar-refractivity contribution is 7.95. The lowest BCUT2D eigenvalue weighted by Crippen LogP contribution is -2.30. The Morgan fingerprint density at radius 1 is 1.06 bits per heavy atom. The third-order valence-corrected chi connectivity index (χ3v) is 12.4. The molecule has 2 aliphatic heterocycles. The zero-order chi connectivity index (χ0) is 38.6. The molecule has 0 spiro atoms. The van der Waals surface area contributed by atoms with Gasteiger partial charge < -0.3 is 23.2 Å². The van der Waals surface area contributed by atoms with Gasteiger partial charge in [0.15, 0.2) is 0 Å². The van der Waals surface area contributed by atoms with Gasteiger partial charge in [0.25, 0.3) is 0 Å². The Balaban J connectivity index is 1.70. The molecule has 2 atom stereocenters. The van der Waals surface area contributed by atoms with Crippen LogP contribution in [0.1, 0.15) is 63.1 Å². The number of rotatable bonds is 15. The third kappa shape index (κ3) is 8.67. The smallest absolute Gasteiger partial charge is 0.303 e. The van der Waals surface area contributed by atoms with Gasteiger partial charge in [0, 0.05) is 58.3 Å². The molecular formula is C41H48N2O8S2. The first-order chi connectivity index (χ1) is 25.1. The van der Waals surface area contributed by atoms with Crippen molar-refractivity contribution in [2.75, 3.05) is 37.4 Å². The van der Waals surface area contributed by atoms with E-state index >= 15 is 0 Å². The molecule has 0 amide bonds. The molecule has 0 saturated carbocycles. The van der Waals surface area contributed by atoms with Crippen LogP contribution in [0.2, 0.25) is 0 Å². The van der Waals surface area contributed by atoms with Gasteiger partial charge >= 0.3 is 5.97 Å². The molecule has 2 aromatic carbocycles. The third-order valence-electron chi connectivity index (χ3n) is 10.1. The summed E-state index contributed by atoms with van der Waals surface area (Å²) in [5, 5.41) is 10.6. The Hall–Kier alpha value is -4.49. The summed E-state index contributed by atoms with van der Waals surface area (Å²) in [6.07, 6.45) is 6.97. The maximum absolute atomic E-state index is 12.7. The monoisotopic (exact) mass is 760 g/mol. The molecule has 10 nitrogen and oxygen atoms in total. The van der Waals surface area contributed by atoms with Gasteiger partial charge in [-0.3, -0.25) is 4.79 Å². The largest absolute Gasteiger partial charge is 0.744 e. The highest BCUT2D eigenvalue weighted by Crippen LogP contribution is 2.51. The number of nitrogens with zero attached hydrogens (tertiary/aromatic N) is 2. The molecule has 2 aromatic rings. The van der Waals surface area contributed by atoms with E-state index in [1.807, 2.05) is 67.3 Å². The summed E-state index contributed by atoms with van der Waals surface area (Å²) in [6, 6.07) is 20.5. The summed E-state index contributed by atoms with van der Waals surface area (Å²) >= 11 is 0. The first-order valence-electron chi connectivity index (χ1n) is 17.7.